The van der Waals surface area contributed by atoms with Crippen LogP contribution in [0.2, 0.25) is 0 Å². The van der Waals surface area contributed by atoms with Gasteiger partial charge in [0.2, 0.25) is 11.8 Å². The summed E-state index contributed by atoms with van der Waals surface area (Å²) in [5.74, 6) is -0.126. The Kier molecular flexibility index (Phi) is 10.7. The van der Waals surface area contributed by atoms with Crippen LogP contribution in [0.25, 0.3) is 0 Å². The molecule has 0 aromatic heterocycles. The maximum absolute atomic E-state index is 13.8. The maximum Gasteiger partial charge on any atom is 0.243 e. The molecule has 0 aliphatic rings. The number of benzene rings is 3. The minimum absolute atomic E-state index is 0.0187. The van der Waals surface area contributed by atoms with E-state index in [1.165, 1.54) is 5.56 Å². The smallest absolute Gasteiger partial charge is 0.243 e. The van der Waals surface area contributed by atoms with Crippen LogP contribution in [-0.2, 0) is 35.4 Å². The first-order chi connectivity index (χ1) is 17.4. The van der Waals surface area contributed by atoms with Crippen molar-refractivity contribution in [2.24, 2.45) is 0 Å². The van der Waals surface area contributed by atoms with Gasteiger partial charge in [0, 0.05) is 29.9 Å². The zero-order chi connectivity index (χ0) is 25.9. The Bertz CT molecular complexity index is 1110. The topological polar surface area (TPSA) is 49.4 Å². The predicted molar refractivity (Wildman–Crippen MR) is 151 cm³/mol. The largest absolute Gasteiger partial charge is 0.352 e. The number of carbonyl (C=O) groups excluding carboxylic acids is 2. The highest BCUT2D eigenvalue weighted by Crippen LogP contribution is 2.19. The van der Waals surface area contributed by atoms with Crippen molar-refractivity contribution in [1.82, 2.24) is 10.2 Å². The van der Waals surface area contributed by atoms with Gasteiger partial charge in [-0.2, -0.15) is 0 Å². The van der Waals surface area contributed by atoms with E-state index in [-0.39, 0.29) is 17.9 Å². The van der Waals surface area contributed by atoms with Gasteiger partial charge >= 0.3 is 0 Å². The van der Waals surface area contributed by atoms with Gasteiger partial charge in [0.05, 0.1) is 0 Å². The third-order valence-corrected chi connectivity index (χ3v) is 7.07. The van der Waals surface area contributed by atoms with Crippen molar-refractivity contribution < 1.29 is 9.59 Å². The Morgan fingerprint density at radius 1 is 0.861 bits per heavy atom. The number of hydrogen-bond acceptors (Lipinski definition) is 2. The van der Waals surface area contributed by atoms with Crippen molar-refractivity contribution in [1.29, 1.82) is 0 Å². The summed E-state index contributed by atoms with van der Waals surface area (Å²) < 4.78 is 0.951. The SMILES string of the molecule is CCc1ccc(CCC(=O)N(Cc2cccc(Br)c2)[C@H](Cc2ccccc2)C(=O)N[C@@H](C)CC)cc1. The van der Waals surface area contributed by atoms with E-state index in [9.17, 15) is 9.59 Å². The number of hydrogen-bond donors (Lipinski definition) is 1. The summed E-state index contributed by atoms with van der Waals surface area (Å²) in [5.41, 5.74) is 4.43. The van der Waals surface area contributed by atoms with Crippen molar-refractivity contribution in [3.05, 3.63) is 106 Å². The van der Waals surface area contributed by atoms with Crippen LogP contribution in [0.5, 0.6) is 0 Å². The lowest BCUT2D eigenvalue weighted by Gasteiger charge is -2.32. The molecule has 3 rings (SSSR count). The average molecular weight is 550 g/mol. The van der Waals surface area contributed by atoms with Gasteiger partial charge in [0.25, 0.3) is 0 Å². The lowest BCUT2D eigenvalue weighted by Crippen LogP contribution is -2.52. The molecule has 0 fully saturated rings. The molecule has 4 nitrogen and oxygen atoms in total. The molecule has 0 saturated carbocycles. The number of rotatable bonds is 12. The highest BCUT2D eigenvalue weighted by molar-refractivity contribution is 9.10. The zero-order valence-electron chi connectivity index (χ0n) is 21.5. The minimum Gasteiger partial charge on any atom is -0.352 e. The molecular formula is C31H37BrN2O2. The molecule has 36 heavy (non-hydrogen) atoms. The zero-order valence-corrected chi connectivity index (χ0v) is 23.1. The van der Waals surface area contributed by atoms with Crippen molar-refractivity contribution in [3.8, 4) is 0 Å². The maximum atomic E-state index is 13.8. The lowest BCUT2D eigenvalue weighted by atomic mass is 10.0. The van der Waals surface area contributed by atoms with E-state index in [1.807, 2.05) is 68.4 Å². The second-order valence-electron chi connectivity index (χ2n) is 9.35. The van der Waals surface area contributed by atoms with Crippen LogP contribution < -0.4 is 5.32 Å². The number of halogens is 1. The summed E-state index contributed by atoms with van der Waals surface area (Å²) in [4.78, 5) is 29.1. The highest BCUT2D eigenvalue weighted by atomic mass is 79.9. The Morgan fingerprint density at radius 3 is 2.17 bits per heavy atom. The fraction of sp³-hybridized carbons (Fsp3) is 0.355. The third kappa shape index (κ3) is 8.34. The van der Waals surface area contributed by atoms with E-state index in [2.05, 4.69) is 52.4 Å². The first-order valence-electron chi connectivity index (χ1n) is 12.9. The molecule has 5 heteroatoms. The molecule has 0 heterocycles. The molecule has 0 saturated heterocycles. The summed E-state index contributed by atoms with van der Waals surface area (Å²) >= 11 is 3.54. The van der Waals surface area contributed by atoms with Crippen molar-refractivity contribution in [3.63, 3.8) is 0 Å². The number of nitrogens with zero attached hydrogens (tertiary/aromatic N) is 1. The number of aryl methyl sites for hydroxylation is 2. The molecular weight excluding hydrogens is 512 g/mol. The van der Waals surface area contributed by atoms with Gasteiger partial charge in [-0.3, -0.25) is 9.59 Å². The van der Waals surface area contributed by atoms with Crippen LogP contribution >= 0.6 is 15.9 Å². The van der Waals surface area contributed by atoms with E-state index in [1.54, 1.807) is 4.90 Å². The first kappa shape index (κ1) is 27.7. The van der Waals surface area contributed by atoms with Crippen LogP contribution in [0.4, 0.5) is 0 Å². The Hall–Kier alpha value is -2.92. The van der Waals surface area contributed by atoms with Crippen LogP contribution in [0.3, 0.4) is 0 Å². The molecule has 0 aliphatic carbocycles. The molecule has 0 aliphatic heterocycles. The Labute approximate surface area is 224 Å². The fourth-order valence-electron chi connectivity index (χ4n) is 4.16. The predicted octanol–water partition coefficient (Wildman–Crippen LogP) is 6.50. The second-order valence-corrected chi connectivity index (χ2v) is 10.3. The fourth-order valence-corrected chi connectivity index (χ4v) is 4.61. The van der Waals surface area contributed by atoms with Crippen molar-refractivity contribution in [2.75, 3.05) is 0 Å². The Balaban J connectivity index is 1.89. The van der Waals surface area contributed by atoms with Gasteiger partial charge in [0.15, 0.2) is 0 Å². The van der Waals surface area contributed by atoms with E-state index in [4.69, 9.17) is 0 Å². The summed E-state index contributed by atoms with van der Waals surface area (Å²) in [7, 11) is 0. The molecule has 3 aromatic rings. The van der Waals surface area contributed by atoms with E-state index in [0.717, 1.165) is 34.0 Å². The summed E-state index contributed by atoms with van der Waals surface area (Å²) in [6.45, 7) is 6.55. The highest BCUT2D eigenvalue weighted by Gasteiger charge is 2.30. The van der Waals surface area contributed by atoms with Gasteiger partial charge in [-0.25, -0.2) is 0 Å². The van der Waals surface area contributed by atoms with E-state index >= 15 is 0 Å². The van der Waals surface area contributed by atoms with Crippen LogP contribution in [0.1, 0.15) is 55.9 Å². The molecule has 2 atom stereocenters. The molecule has 0 unspecified atom stereocenters. The van der Waals surface area contributed by atoms with Gasteiger partial charge < -0.3 is 10.2 Å². The molecule has 2 amide bonds. The number of amides is 2. The van der Waals surface area contributed by atoms with Gasteiger partial charge in [-0.15, -0.1) is 0 Å². The molecule has 0 bridgehead atoms. The minimum atomic E-state index is -0.602. The van der Waals surface area contributed by atoms with E-state index < -0.39 is 6.04 Å². The van der Waals surface area contributed by atoms with Crippen LogP contribution in [-0.4, -0.2) is 28.8 Å². The third-order valence-electron chi connectivity index (χ3n) is 6.57. The second kappa shape index (κ2) is 14.0. The van der Waals surface area contributed by atoms with Crippen molar-refractivity contribution in [2.45, 2.75) is 71.5 Å². The standard InChI is InChI=1S/C31H37BrN2O2/c1-4-23(3)33-31(36)29(21-26-10-7-6-8-11-26)34(22-27-12-9-13-28(32)20-27)30(35)19-18-25-16-14-24(5-2)15-17-25/h6-17,20,23,29H,4-5,18-19,21-22H2,1-3H3,(H,33,36)/t23-,29+/m0/s1. The molecule has 1 N–H and O–H groups in total. The quantitative estimate of drug-likeness (QED) is 0.281. The molecule has 0 spiro atoms. The Morgan fingerprint density at radius 2 is 1.53 bits per heavy atom. The normalized spacial score (nSPS) is 12.6. The monoisotopic (exact) mass is 548 g/mol. The molecule has 0 radical (unpaired) electrons. The lowest BCUT2D eigenvalue weighted by molar-refractivity contribution is -0.141. The van der Waals surface area contributed by atoms with Gasteiger partial charge in [0.1, 0.15) is 6.04 Å². The van der Waals surface area contributed by atoms with E-state index in [0.29, 0.717) is 25.8 Å². The molecule has 190 valence electrons. The summed E-state index contributed by atoms with van der Waals surface area (Å²) in [6, 6.07) is 25.8. The number of carbonyl (C=O) groups is 2. The number of nitrogens with one attached hydrogen (secondary N) is 1. The van der Waals surface area contributed by atoms with Crippen molar-refractivity contribution >= 4 is 27.7 Å². The van der Waals surface area contributed by atoms with Crippen LogP contribution in [0, 0.1) is 0 Å². The average Bonchev–Trinajstić information content (AvgIpc) is 2.90. The molecule has 3 aromatic carbocycles. The van der Waals surface area contributed by atoms with Gasteiger partial charge in [-0.1, -0.05) is 96.5 Å². The summed E-state index contributed by atoms with van der Waals surface area (Å²) in [5, 5.41) is 3.13. The summed E-state index contributed by atoms with van der Waals surface area (Å²) in [6.07, 6.45) is 3.28. The first-order valence-corrected chi connectivity index (χ1v) is 13.6. The van der Waals surface area contributed by atoms with Gasteiger partial charge in [-0.05, 0) is 60.6 Å². The van der Waals surface area contributed by atoms with Crippen LogP contribution in [0.15, 0.2) is 83.3 Å².